The average Bonchev–Trinajstić information content (AvgIpc) is 2.05. The van der Waals surface area contributed by atoms with Crippen LogP contribution in [0.3, 0.4) is 0 Å². The second kappa shape index (κ2) is 3.07. The van der Waals surface area contributed by atoms with Gasteiger partial charge in [-0.25, -0.2) is 4.85 Å². The fourth-order valence-corrected chi connectivity index (χ4v) is 0.825. The number of rotatable bonds is 1. The molecule has 0 aliphatic heterocycles. The van der Waals surface area contributed by atoms with Crippen molar-refractivity contribution in [1.29, 1.82) is 0 Å². The largest absolute Gasteiger partial charge is 0.378 e. The van der Waals surface area contributed by atoms with Gasteiger partial charge in [-0.2, -0.15) is 0 Å². The van der Waals surface area contributed by atoms with Crippen molar-refractivity contribution < 1.29 is 0 Å². The Morgan fingerprint density at radius 1 is 1.18 bits per heavy atom. The van der Waals surface area contributed by atoms with Crippen LogP contribution >= 0.6 is 0 Å². The first-order valence-corrected chi connectivity index (χ1v) is 3.39. The van der Waals surface area contributed by atoms with Gasteiger partial charge < -0.3 is 4.90 Å². The van der Waals surface area contributed by atoms with Gasteiger partial charge in [-0.3, -0.25) is 0 Å². The summed E-state index contributed by atoms with van der Waals surface area (Å²) in [4.78, 5) is 5.31. The molecule has 0 saturated carbocycles. The Kier molecular flexibility index (Phi) is 2.12. The standard InChI is InChI=1S/C9H10N2/c1-10-8-4-6-9(7-5-8)11(2)3/h4-7H,2-3H3. The maximum Gasteiger partial charge on any atom is 0.187 e. The van der Waals surface area contributed by atoms with Gasteiger partial charge in [0.05, 0.1) is 6.57 Å². The number of nitrogens with zero attached hydrogens (tertiary/aromatic N) is 2. The van der Waals surface area contributed by atoms with Crippen molar-refractivity contribution in [2.24, 2.45) is 0 Å². The van der Waals surface area contributed by atoms with Gasteiger partial charge in [-0.15, -0.1) is 0 Å². The lowest BCUT2D eigenvalue weighted by molar-refractivity contribution is 1.13. The van der Waals surface area contributed by atoms with E-state index in [1.54, 1.807) is 0 Å². The minimum atomic E-state index is 0.690. The summed E-state index contributed by atoms with van der Waals surface area (Å²) < 4.78 is 0. The predicted octanol–water partition coefficient (Wildman–Crippen LogP) is 2.30. The van der Waals surface area contributed by atoms with E-state index in [1.165, 1.54) is 0 Å². The first kappa shape index (κ1) is 7.62. The molecule has 0 aliphatic carbocycles. The van der Waals surface area contributed by atoms with Crippen molar-refractivity contribution >= 4 is 11.4 Å². The maximum absolute atomic E-state index is 6.73. The molecule has 0 N–H and O–H groups in total. The summed E-state index contributed by atoms with van der Waals surface area (Å²) in [5.74, 6) is 0. The Balaban J connectivity index is 2.94. The molecule has 0 unspecified atom stereocenters. The molecule has 0 radical (unpaired) electrons. The van der Waals surface area contributed by atoms with Gasteiger partial charge in [0.2, 0.25) is 0 Å². The molecule has 0 heterocycles. The Morgan fingerprint density at radius 2 is 1.73 bits per heavy atom. The molecule has 0 fully saturated rings. The Bertz CT molecular complexity index is 267. The van der Waals surface area contributed by atoms with Crippen LogP contribution in [0.1, 0.15) is 0 Å². The van der Waals surface area contributed by atoms with Gasteiger partial charge in [0.1, 0.15) is 0 Å². The van der Waals surface area contributed by atoms with E-state index in [4.69, 9.17) is 6.57 Å². The summed E-state index contributed by atoms with van der Waals surface area (Å²) in [7, 11) is 3.96. The summed E-state index contributed by atoms with van der Waals surface area (Å²) in [6.07, 6.45) is 0. The fraction of sp³-hybridized carbons (Fsp3) is 0.222. The van der Waals surface area contributed by atoms with Crippen molar-refractivity contribution in [2.75, 3.05) is 19.0 Å². The third-order valence-corrected chi connectivity index (χ3v) is 1.50. The molecule has 1 aromatic rings. The van der Waals surface area contributed by atoms with E-state index in [0.717, 1.165) is 5.69 Å². The zero-order valence-corrected chi connectivity index (χ0v) is 6.70. The fourth-order valence-electron chi connectivity index (χ4n) is 0.825. The number of anilines is 1. The van der Waals surface area contributed by atoms with Crippen molar-refractivity contribution in [1.82, 2.24) is 0 Å². The molecule has 0 amide bonds. The van der Waals surface area contributed by atoms with E-state index in [1.807, 2.05) is 43.3 Å². The maximum atomic E-state index is 6.73. The van der Waals surface area contributed by atoms with Gasteiger partial charge in [0.25, 0.3) is 0 Å². The van der Waals surface area contributed by atoms with E-state index < -0.39 is 0 Å². The van der Waals surface area contributed by atoms with E-state index in [0.29, 0.717) is 5.69 Å². The van der Waals surface area contributed by atoms with Crippen LogP contribution in [0.25, 0.3) is 4.85 Å². The average molecular weight is 146 g/mol. The minimum absolute atomic E-state index is 0.690. The predicted molar refractivity (Wildman–Crippen MR) is 47.0 cm³/mol. The zero-order valence-electron chi connectivity index (χ0n) is 6.70. The molecule has 0 saturated heterocycles. The van der Waals surface area contributed by atoms with Gasteiger partial charge in [-0.1, -0.05) is 12.1 Å². The molecule has 1 rings (SSSR count). The number of hydrogen-bond acceptors (Lipinski definition) is 1. The highest BCUT2D eigenvalue weighted by molar-refractivity contribution is 5.54. The van der Waals surface area contributed by atoms with Crippen molar-refractivity contribution in [3.63, 3.8) is 0 Å². The van der Waals surface area contributed by atoms with E-state index in [2.05, 4.69) is 4.85 Å². The summed E-state index contributed by atoms with van der Waals surface area (Å²) in [5, 5.41) is 0. The van der Waals surface area contributed by atoms with Crippen molar-refractivity contribution in [2.45, 2.75) is 0 Å². The van der Waals surface area contributed by atoms with Crippen LogP contribution in [0.15, 0.2) is 24.3 Å². The normalized spacial score (nSPS) is 8.82. The quantitative estimate of drug-likeness (QED) is 0.552. The molecule has 56 valence electrons. The third-order valence-electron chi connectivity index (χ3n) is 1.50. The minimum Gasteiger partial charge on any atom is -0.378 e. The molecule has 2 heteroatoms. The molecular formula is C9H10N2. The number of hydrogen-bond donors (Lipinski definition) is 0. The Hall–Kier alpha value is -1.49. The van der Waals surface area contributed by atoms with Crippen LogP contribution in [0, 0.1) is 6.57 Å². The summed E-state index contributed by atoms with van der Waals surface area (Å²) in [6.45, 7) is 6.73. The summed E-state index contributed by atoms with van der Waals surface area (Å²) in [6, 6.07) is 7.52. The highest BCUT2D eigenvalue weighted by Crippen LogP contribution is 2.17. The molecule has 1 aromatic carbocycles. The summed E-state index contributed by atoms with van der Waals surface area (Å²) in [5.41, 5.74) is 1.81. The summed E-state index contributed by atoms with van der Waals surface area (Å²) >= 11 is 0. The molecule has 0 spiro atoms. The van der Waals surface area contributed by atoms with Crippen LogP contribution in [0.2, 0.25) is 0 Å². The molecule has 11 heavy (non-hydrogen) atoms. The lowest BCUT2D eigenvalue weighted by Gasteiger charge is -2.11. The molecular weight excluding hydrogens is 136 g/mol. The SMILES string of the molecule is [C-]#[N+]c1ccc(N(C)C)cc1. The van der Waals surface area contributed by atoms with Crippen LogP contribution in [-0.4, -0.2) is 14.1 Å². The third kappa shape index (κ3) is 1.71. The highest BCUT2D eigenvalue weighted by atomic mass is 15.1. The second-order valence-electron chi connectivity index (χ2n) is 2.52. The van der Waals surface area contributed by atoms with E-state index in [9.17, 15) is 0 Å². The van der Waals surface area contributed by atoms with Gasteiger partial charge in [0.15, 0.2) is 5.69 Å². The highest BCUT2D eigenvalue weighted by Gasteiger charge is 1.93. The van der Waals surface area contributed by atoms with Gasteiger partial charge in [-0.05, 0) is 12.1 Å². The van der Waals surface area contributed by atoms with Gasteiger partial charge >= 0.3 is 0 Å². The molecule has 0 atom stereocenters. The molecule has 0 bridgehead atoms. The molecule has 0 aliphatic rings. The van der Waals surface area contributed by atoms with Crippen LogP contribution < -0.4 is 4.90 Å². The smallest absolute Gasteiger partial charge is 0.187 e. The topological polar surface area (TPSA) is 7.60 Å². The first-order chi connectivity index (χ1) is 5.24. The van der Waals surface area contributed by atoms with Crippen LogP contribution in [0.5, 0.6) is 0 Å². The second-order valence-corrected chi connectivity index (χ2v) is 2.52. The lowest BCUT2D eigenvalue weighted by Crippen LogP contribution is -2.07. The monoisotopic (exact) mass is 146 g/mol. The van der Waals surface area contributed by atoms with Crippen molar-refractivity contribution in [3.8, 4) is 0 Å². The molecule has 0 aromatic heterocycles. The Labute approximate surface area is 66.9 Å². The molecule has 2 nitrogen and oxygen atoms in total. The first-order valence-electron chi connectivity index (χ1n) is 3.39. The zero-order chi connectivity index (χ0) is 8.27. The van der Waals surface area contributed by atoms with Crippen LogP contribution in [-0.2, 0) is 0 Å². The van der Waals surface area contributed by atoms with E-state index in [-0.39, 0.29) is 0 Å². The van der Waals surface area contributed by atoms with Crippen LogP contribution in [0.4, 0.5) is 11.4 Å². The van der Waals surface area contributed by atoms with Crippen molar-refractivity contribution in [3.05, 3.63) is 35.7 Å². The Morgan fingerprint density at radius 3 is 2.09 bits per heavy atom. The number of benzene rings is 1. The van der Waals surface area contributed by atoms with E-state index >= 15 is 0 Å². The lowest BCUT2D eigenvalue weighted by atomic mass is 10.3. The van der Waals surface area contributed by atoms with Gasteiger partial charge in [0, 0.05) is 19.8 Å².